The van der Waals surface area contributed by atoms with E-state index < -0.39 is 17.8 Å². The van der Waals surface area contributed by atoms with E-state index in [0.29, 0.717) is 17.0 Å². The van der Waals surface area contributed by atoms with E-state index in [2.05, 4.69) is 57.0 Å². The maximum atomic E-state index is 13.3. The number of benzene rings is 2. The number of carbonyl (C=O) groups excluding carboxylic acids is 3. The third kappa shape index (κ3) is 4.45. The van der Waals surface area contributed by atoms with Crippen molar-refractivity contribution in [1.82, 2.24) is 5.32 Å². The first-order chi connectivity index (χ1) is 16.3. The lowest BCUT2D eigenvalue weighted by Gasteiger charge is -2.50. The number of barbiturate groups is 1. The molecule has 2 aliphatic rings. The number of nitrogens with zero attached hydrogens (tertiary/aromatic N) is 2. The highest BCUT2D eigenvalue weighted by atomic mass is 35.5. The predicted molar refractivity (Wildman–Crippen MR) is 141 cm³/mol. The van der Waals surface area contributed by atoms with Gasteiger partial charge in [0, 0.05) is 17.3 Å². The molecule has 1 atom stereocenters. The maximum Gasteiger partial charge on any atom is 0.335 e. The summed E-state index contributed by atoms with van der Waals surface area (Å²) in [5.74, 6) is -1.14. The van der Waals surface area contributed by atoms with Gasteiger partial charge >= 0.3 is 6.03 Å². The number of carbonyl (C=O) groups is 3. The number of urea groups is 1. The minimum absolute atomic E-state index is 0.00689. The third-order valence-corrected chi connectivity index (χ3v) is 7.48. The molecular formula is C27H29Cl2N3O3. The van der Waals surface area contributed by atoms with Crippen LogP contribution in [0.1, 0.15) is 63.6 Å². The second kappa shape index (κ2) is 8.99. The first-order valence-corrected chi connectivity index (χ1v) is 12.4. The van der Waals surface area contributed by atoms with Gasteiger partial charge in [-0.05, 0) is 100 Å². The highest BCUT2D eigenvalue weighted by Gasteiger charge is 2.39. The number of fused-ring (bicyclic) bond motifs is 1. The first-order valence-electron chi connectivity index (χ1n) is 11.6. The molecule has 2 heterocycles. The number of aryl methyl sites for hydroxylation is 1. The van der Waals surface area contributed by atoms with Gasteiger partial charge in [0.05, 0.1) is 15.7 Å². The van der Waals surface area contributed by atoms with Crippen molar-refractivity contribution in [3.8, 4) is 0 Å². The van der Waals surface area contributed by atoms with Crippen molar-refractivity contribution in [3.63, 3.8) is 0 Å². The summed E-state index contributed by atoms with van der Waals surface area (Å²) in [4.78, 5) is 41.9. The van der Waals surface area contributed by atoms with Gasteiger partial charge in [-0.25, -0.2) is 9.69 Å². The van der Waals surface area contributed by atoms with E-state index in [4.69, 9.17) is 23.2 Å². The second-order valence-corrected chi connectivity index (χ2v) is 11.0. The molecule has 1 unspecified atom stereocenters. The Morgan fingerprint density at radius 1 is 1.09 bits per heavy atom. The average molecular weight is 514 g/mol. The fourth-order valence-corrected chi connectivity index (χ4v) is 5.71. The van der Waals surface area contributed by atoms with E-state index in [-0.39, 0.29) is 21.8 Å². The average Bonchev–Trinajstić information content (AvgIpc) is 2.73. The monoisotopic (exact) mass is 513 g/mol. The van der Waals surface area contributed by atoms with Crippen molar-refractivity contribution in [3.05, 3.63) is 62.6 Å². The van der Waals surface area contributed by atoms with Gasteiger partial charge in [-0.3, -0.25) is 14.9 Å². The number of halogens is 2. The van der Waals surface area contributed by atoms with Crippen LogP contribution in [-0.2, 0) is 9.59 Å². The van der Waals surface area contributed by atoms with Crippen LogP contribution in [0.2, 0.25) is 10.0 Å². The summed E-state index contributed by atoms with van der Waals surface area (Å²) in [7, 11) is 0. The quantitative estimate of drug-likeness (QED) is 0.377. The van der Waals surface area contributed by atoms with Gasteiger partial charge in [-0.2, -0.15) is 0 Å². The van der Waals surface area contributed by atoms with Gasteiger partial charge in [-0.1, -0.05) is 30.1 Å². The largest absolute Gasteiger partial charge is 0.364 e. The Morgan fingerprint density at radius 3 is 2.40 bits per heavy atom. The van der Waals surface area contributed by atoms with Gasteiger partial charge in [0.2, 0.25) is 0 Å². The van der Waals surface area contributed by atoms with Crippen LogP contribution >= 0.6 is 23.2 Å². The first kappa shape index (κ1) is 25.3. The summed E-state index contributed by atoms with van der Waals surface area (Å²) in [5.41, 5.74) is 4.17. The summed E-state index contributed by atoms with van der Waals surface area (Å²) in [6.07, 6.45) is 2.55. The number of anilines is 2. The smallest absolute Gasteiger partial charge is 0.335 e. The highest BCUT2D eigenvalue weighted by Crippen LogP contribution is 2.45. The molecule has 4 amide bonds. The maximum absolute atomic E-state index is 13.3. The van der Waals surface area contributed by atoms with Crippen molar-refractivity contribution in [2.75, 3.05) is 9.80 Å². The van der Waals surface area contributed by atoms with Gasteiger partial charge in [0.15, 0.2) is 0 Å². The third-order valence-electron chi connectivity index (χ3n) is 6.74. The fraction of sp³-hybridized carbons (Fsp3) is 0.370. The summed E-state index contributed by atoms with van der Waals surface area (Å²) >= 11 is 12.1. The van der Waals surface area contributed by atoms with Gasteiger partial charge in [-0.15, -0.1) is 0 Å². The Morgan fingerprint density at radius 2 is 1.77 bits per heavy atom. The molecule has 0 bridgehead atoms. The van der Waals surface area contributed by atoms with Crippen LogP contribution in [0.15, 0.2) is 35.9 Å². The predicted octanol–water partition coefficient (Wildman–Crippen LogP) is 6.47. The summed E-state index contributed by atoms with van der Waals surface area (Å²) < 4.78 is 0. The minimum atomic E-state index is -0.832. The number of hydrogen-bond acceptors (Lipinski definition) is 4. The van der Waals surface area contributed by atoms with Crippen molar-refractivity contribution < 1.29 is 14.4 Å². The second-order valence-electron chi connectivity index (χ2n) is 10.2. The number of rotatable bonds is 3. The zero-order valence-electron chi connectivity index (χ0n) is 20.7. The molecule has 1 saturated heterocycles. The zero-order valence-corrected chi connectivity index (χ0v) is 22.2. The van der Waals surface area contributed by atoms with E-state index in [1.807, 2.05) is 6.92 Å². The molecule has 6 nitrogen and oxygen atoms in total. The lowest BCUT2D eigenvalue weighted by Crippen LogP contribution is -2.54. The van der Waals surface area contributed by atoms with Crippen LogP contribution in [0.5, 0.6) is 0 Å². The lowest BCUT2D eigenvalue weighted by atomic mass is 9.78. The van der Waals surface area contributed by atoms with E-state index in [1.54, 1.807) is 6.08 Å². The Kier molecular flexibility index (Phi) is 6.49. The zero-order chi connectivity index (χ0) is 25.8. The Hall–Kier alpha value is -2.83. The molecule has 35 heavy (non-hydrogen) atoms. The van der Waals surface area contributed by atoms with Crippen molar-refractivity contribution in [2.45, 2.75) is 65.5 Å². The number of imide groups is 2. The molecule has 1 N–H and O–H groups in total. The molecule has 0 aromatic heterocycles. The molecule has 184 valence electrons. The molecule has 2 aliphatic heterocycles. The molecule has 4 rings (SSSR count). The Labute approximate surface area is 215 Å². The molecule has 2 aromatic carbocycles. The summed E-state index contributed by atoms with van der Waals surface area (Å²) in [5, 5.41) is 2.75. The number of nitrogens with one attached hydrogen (secondary N) is 1. The van der Waals surface area contributed by atoms with Crippen molar-refractivity contribution in [2.24, 2.45) is 0 Å². The van der Waals surface area contributed by atoms with Crippen LogP contribution in [0.3, 0.4) is 0 Å². The standard InChI is InChI=1S/C27H29Cl2N3O3/c1-14(2)32-23-9-15(3)17(10-19(23)16(4)13-27(32,5)6)11-20-24(33)30-26(35)31(25(20)34)18-7-8-21(28)22(29)12-18/h7-12,14,16H,13H2,1-6H3,(H,30,33,35)/b20-11+. The van der Waals surface area contributed by atoms with E-state index in [1.165, 1.54) is 29.4 Å². The summed E-state index contributed by atoms with van der Waals surface area (Å²) in [6.45, 7) is 13.1. The van der Waals surface area contributed by atoms with E-state index in [0.717, 1.165) is 22.4 Å². The van der Waals surface area contributed by atoms with Crippen LogP contribution in [0.4, 0.5) is 16.2 Å². The van der Waals surface area contributed by atoms with Gasteiger partial charge < -0.3 is 4.90 Å². The van der Waals surface area contributed by atoms with Crippen molar-refractivity contribution >= 4 is 58.5 Å². The Balaban J connectivity index is 1.79. The van der Waals surface area contributed by atoms with Crippen LogP contribution in [0.25, 0.3) is 6.08 Å². The van der Waals surface area contributed by atoms with Crippen LogP contribution in [-0.4, -0.2) is 29.4 Å². The molecule has 1 fully saturated rings. The van der Waals surface area contributed by atoms with E-state index in [9.17, 15) is 14.4 Å². The molecule has 0 radical (unpaired) electrons. The number of hydrogen-bond donors (Lipinski definition) is 1. The molecule has 0 spiro atoms. The molecule has 0 aliphatic carbocycles. The fourth-order valence-electron chi connectivity index (χ4n) is 5.42. The van der Waals surface area contributed by atoms with Crippen molar-refractivity contribution in [1.29, 1.82) is 0 Å². The Bertz CT molecular complexity index is 1280. The van der Waals surface area contributed by atoms with Gasteiger partial charge in [0.25, 0.3) is 11.8 Å². The number of amides is 4. The van der Waals surface area contributed by atoms with Crippen LogP contribution < -0.4 is 15.1 Å². The highest BCUT2D eigenvalue weighted by molar-refractivity contribution is 6.43. The topological polar surface area (TPSA) is 69.7 Å². The molecule has 2 aromatic rings. The van der Waals surface area contributed by atoms with Crippen LogP contribution in [0, 0.1) is 6.92 Å². The molecule has 8 heteroatoms. The lowest BCUT2D eigenvalue weighted by molar-refractivity contribution is -0.122. The normalized spacial score (nSPS) is 21.0. The molecular weight excluding hydrogens is 485 g/mol. The SMILES string of the molecule is Cc1cc2c(cc1/C=C1\C(=O)NC(=O)N(c3ccc(Cl)c(Cl)c3)C1=O)C(C)CC(C)(C)N2C(C)C. The molecule has 0 saturated carbocycles. The summed E-state index contributed by atoms with van der Waals surface area (Å²) in [6, 6.07) is 8.10. The minimum Gasteiger partial charge on any atom is -0.364 e. The van der Waals surface area contributed by atoms with Gasteiger partial charge in [0.1, 0.15) is 5.57 Å². The van der Waals surface area contributed by atoms with E-state index >= 15 is 0 Å².